The van der Waals surface area contributed by atoms with E-state index < -0.39 is 20.7 Å². The Morgan fingerprint density at radius 3 is 2.56 bits per heavy atom. The molecule has 3 rings (SSSR count). The summed E-state index contributed by atoms with van der Waals surface area (Å²) < 4.78 is 40.9. The Morgan fingerprint density at radius 1 is 1.12 bits per heavy atom. The lowest BCUT2D eigenvalue weighted by molar-refractivity contribution is -0.119. The molecule has 0 aliphatic carbocycles. The van der Waals surface area contributed by atoms with E-state index in [1.54, 1.807) is 23.1 Å². The third-order valence-corrected chi connectivity index (χ3v) is 5.60. The topological polar surface area (TPSA) is 66.5 Å². The van der Waals surface area contributed by atoms with Crippen molar-refractivity contribution in [1.82, 2.24) is 0 Å². The maximum Gasteiger partial charge on any atom is 0.264 e. The third-order valence-electron chi connectivity index (χ3n) is 4.19. The number of piperidine rings is 1. The molecule has 1 N–H and O–H groups in total. The van der Waals surface area contributed by atoms with Crippen molar-refractivity contribution in [2.24, 2.45) is 0 Å². The molecule has 1 saturated heterocycles. The monoisotopic (exact) mass is 362 g/mol. The second-order valence-electron chi connectivity index (χ2n) is 6.04. The standard InChI is InChI=1S/C18H19FN2O3S/c1-13-12-14(9-10-16(13)21-11-5-4-8-18(21)22)20-25(23,24)17-7-3-2-6-15(17)19/h2-3,6-7,9-10,12,20H,4-5,8,11H2,1H3. The molecule has 7 heteroatoms. The number of anilines is 2. The van der Waals surface area contributed by atoms with E-state index in [9.17, 15) is 17.6 Å². The first-order valence-electron chi connectivity index (χ1n) is 8.07. The number of sulfonamides is 1. The normalized spacial score (nSPS) is 15.3. The number of carbonyl (C=O) groups excluding carboxylic acids is 1. The number of hydrogen-bond donors (Lipinski definition) is 1. The number of halogens is 1. The zero-order valence-electron chi connectivity index (χ0n) is 13.8. The van der Waals surface area contributed by atoms with Crippen molar-refractivity contribution in [3.63, 3.8) is 0 Å². The Hall–Kier alpha value is -2.41. The van der Waals surface area contributed by atoms with Gasteiger partial charge in [0, 0.05) is 24.3 Å². The average Bonchev–Trinajstić information content (AvgIpc) is 2.56. The van der Waals surface area contributed by atoms with Crippen LogP contribution in [-0.4, -0.2) is 20.9 Å². The molecule has 25 heavy (non-hydrogen) atoms. The summed E-state index contributed by atoms with van der Waals surface area (Å²) in [6.45, 7) is 2.48. The lowest BCUT2D eigenvalue weighted by atomic mass is 10.1. The van der Waals surface area contributed by atoms with E-state index >= 15 is 0 Å². The molecule has 0 spiro atoms. The highest BCUT2D eigenvalue weighted by Crippen LogP contribution is 2.28. The Bertz CT molecular complexity index is 912. The first-order chi connectivity index (χ1) is 11.9. The summed E-state index contributed by atoms with van der Waals surface area (Å²) in [6.07, 6.45) is 2.38. The molecule has 0 bridgehead atoms. The van der Waals surface area contributed by atoms with Crippen molar-refractivity contribution >= 4 is 27.3 Å². The summed E-state index contributed by atoms with van der Waals surface area (Å²) in [5, 5.41) is 0. The average molecular weight is 362 g/mol. The molecule has 0 unspecified atom stereocenters. The second-order valence-corrected chi connectivity index (χ2v) is 7.69. The molecule has 132 valence electrons. The van der Waals surface area contributed by atoms with Gasteiger partial charge in [0.25, 0.3) is 10.0 Å². The molecule has 0 aromatic heterocycles. The minimum atomic E-state index is -4.01. The van der Waals surface area contributed by atoms with Crippen molar-refractivity contribution in [3.05, 3.63) is 53.8 Å². The van der Waals surface area contributed by atoms with Crippen molar-refractivity contribution in [1.29, 1.82) is 0 Å². The van der Waals surface area contributed by atoms with E-state index in [2.05, 4.69) is 4.72 Å². The van der Waals surface area contributed by atoms with Crippen molar-refractivity contribution in [2.75, 3.05) is 16.2 Å². The van der Waals surface area contributed by atoms with Gasteiger partial charge in [0.15, 0.2) is 0 Å². The molecule has 0 atom stereocenters. The highest BCUT2D eigenvalue weighted by Gasteiger charge is 2.22. The molecule has 1 heterocycles. The van der Waals surface area contributed by atoms with Crippen molar-refractivity contribution < 1.29 is 17.6 Å². The van der Waals surface area contributed by atoms with Crippen LogP contribution in [0.3, 0.4) is 0 Å². The van der Waals surface area contributed by atoms with Crippen LogP contribution in [0.25, 0.3) is 0 Å². The SMILES string of the molecule is Cc1cc(NS(=O)(=O)c2ccccc2F)ccc1N1CCCCC1=O. The van der Waals surface area contributed by atoms with Gasteiger partial charge in [0.05, 0.1) is 0 Å². The fraction of sp³-hybridized carbons (Fsp3) is 0.278. The number of nitrogens with zero attached hydrogens (tertiary/aromatic N) is 1. The van der Waals surface area contributed by atoms with Crippen LogP contribution in [-0.2, 0) is 14.8 Å². The van der Waals surface area contributed by atoms with Crippen LogP contribution >= 0.6 is 0 Å². The summed E-state index contributed by atoms with van der Waals surface area (Å²) in [6, 6.07) is 10.2. The maximum absolute atomic E-state index is 13.8. The summed E-state index contributed by atoms with van der Waals surface area (Å²) in [5.74, 6) is -0.726. The van der Waals surface area contributed by atoms with Crippen molar-refractivity contribution in [3.8, 4) is 0 Å². The molecule has 0 saturated carbocycles. The molecule has 1 aliphatic rings. The summed E-state index contributed by atoms with van der Waals surface area (Å²) >= 11 is 0. The molecule has 2 aromatic rings. The van der Waals surface area contributed by atoms with Gasteiger partial charge in [-0.2, -0.15) is 0 Å². The molecule has 1 fully saturated rings. The number of benzene rings is 2. The number of rotatable bonds is 4. The van der Waals surface area contributed by atoms with Crippen LogP contribution < -0.4 is 9.62 Å². The lowest BCUT2D eigenvalue weighted by Gasteiger charge is -2.28. The molecule has 1 aliphatic heterocycles. The zero-order valence-corrected chi connectivity index (χ0v) is 14.6. The Kier molecular flexibility index (Phi) is 4.76. The van der Waals surface area contributed by atoms with Gasteiger partial charge in [-0.05, 0) is 55.7 Å². The Labute approximate surface area is 146 Å². The van der Waals surface area contributed by atoms with Gasteiger partial charge in [0.1, 0.15) is 10.7 Å². The van der Waals surface area contributed by atoms with Gasteiger partial charge in [-0.3, -0.25) is 9.52 Å². The van der Waals surface area contributed by atoms with Gasteiger partial charge < -0.3 is 4.90 Å². The molecule has 2 aromatic carbocycles. The van der Waals surface area contributed by atoms with E-state index in [-0.39, 0.29) is 5.91 Å². The largest absolute Gasteiger partial charge is 0.312 e. The first kappa shape index (κ1) is 17.4. The molecular weight excluding hydrogens is 343 g/mol. The van der Waals surface area contributed by atoms with Gasteiger partial charge >= 0.3 is 0 Å². The fourth-order valence-electron chi connectivity index (χ4n) is 2.96. The smallest absolute Gasteiger partial charge is 0.264 e. The van der Waals surface area contributed by atoms with Crippen LogP contribution in [0, 0.1) is 12.7 Å². The quantitative estimate of drug-likeness (QED) is 0.906. The fourth-order valence-corrected chi connectivity index (χ4v) is 4.08. The van der Waals surface area contributed by atoms with E-state index in [4.69, 9.17) is 0 Å². The first-order valence-corrected chi connectivity index (χ1v) is 9.55. The number of amides is 1. The molecular formula is C18H19FN2O3S. The van der Waals surface area contributed by atoms with Crippen LogP contribution in [0.15, 0.2) is 47.4 Å². The highest BCUT2D eigenvalue weighted by molar-refractivity contribution is 7.92. The predicted octanol–water partition coefficient (Wildman–Crippen LogP) is 3.45. The van der Waals surface area contributed by atoms with Crippen LogP contribution in [0.4, 0.5) is 15.8 Å². The lowest BCUT2D eigenvalue weighted by Crippen LogP contribution is -2.35. The second kappa shape index (κ2) is 6.84. The third kappa shape index (κ3) is 3.66. The summed E-state index contributed by atoms with van der Waals surface area (Å²) in [4.78, 5) is 13.4. The summed E-state index contributed by atoms with van der Waals surface area (Å²) in [7, 11) is -4.01. The highest BCUT2D eigenvalue weighted by atomic mass is 32.2. The van der Waals surface area contributed by atoms with E-state index in [0.717, 1.165) is 30.2 Å². The molecule has 0 radical (unpaired) electrons. The van der Waals surface area contributed by atoms with Crippen LogP contribution in [0.1, 0.15) is 24.8 Å². The van der Waals surface area contributed by atoms with Gasteiger partial charge in [-0.25, -0.2) is 12.8 Å². The van der Waals surface area contributed by atoms with Gasteiger partial charge in [-0.1, -0.05) is 12.1 Å². The van der Waals surface area contributed by atoms with E-state index in [1.165, 1.54) is 18.2 Å². The zero-order chi connectivity index (χ0) is 18.0. The summed E-state index contributed by atoms with van der Waals surface area (Å²) in [5.41, 5.74) is 1.89. The Balaban J connectivity index is 1.86. The van der Waals surface area contributed by atoms with Crippen LogP contribution in [0.5, 0.6) is 0 Å². The minimum absolute atomic E-state index is 0.0778. The number of aryl methyl sites for hydroxylation is 1. The molecule has 5 nitrogen and oxygen atoms in total. The van der Waals surface area contributed by atoms with E-state index in [1.807, 2.05) is 6.92 Å². The van der Waals surface area contributed by atoms with Gasteiger partial charge in [0.2, 0.25) is 5.91 Å². The number of carbonyl (C=O) groups is 1. The Morgan fingerprint density at radius 2 is 1.88 bits per heavy atom. The van der Waals surface area contributed by atoms with E-state index in [0.29, 0.717) is 18.7 Å². The number of nitrogens with one attached hydrogen (secondary N) is 1. The number of hydrogen-bond acceptors (Lipinski definition) is 3. The maximum atomic E-state index is 13.8. The predicted molar refractivity (Wildman–Crippen MR) is 94.6 cm³/mol. The minimum Gasteiger partial charge on any atom is -0.312 e. The molecule has 1 amide bonds. The van der Waals surface area contributed by atoms with Crippen molar-refractivity contribution in [2.45, 2.75) is 31.1 Å². The van der Waals surface area contributed by atoms with Gasteiger partial charge in [-0.15, -0.1) is 0 Å². The van der Waals surface area contributed by atoms with Crippen LogP contribution in [0.2, 0.25) is 0 Å².